The zero-order chi connectivity index (χ0) is 10.7. The van der Waals surface area contributed by atoms with Crippen molar-refractivity contribution in [1.29, 1.82) is 0 Å². The molecule has 76 valence electrons. The number of primary amides is 1. The Morgan fingerprint density at radius 2 is 2.29 bits per heavy atom. The maximum Gasteiger partial charge on any atom is 0.268 e. The summed E-state index contributed by atoms with van der Waals surface area (Å²) in [5.41, 5.74) is 5.07. The normalized spacial score (nSPS) is 10.3. The number of rotatable bonds is 3. The van der Waals surface area contributed by atoms with Gasteiger partial charge in [-0.2, -0.15) is 0 Å². The van der Waals surface area contributed by atoms with Gasteiger partial charge in [0.05, 0.1) is 6.20 Å². The van der Waals surface area contributed by atoms with E-state index >= 15 is 0 Å². The lowest BCUT2D eigenvalue weighted by atomic mass is 10.4. The van der Waals surface area contributed by atoms with E-state index in [2.05, 4.69) is 15.3 Å². The van der Waals surface area contributed by atoms with Crippen molar-refractivity contribution in [3.8, 4) is 0 Å². The summed E-state index contributed by atoms with van der Waals surface area (Å²) in [6, 6.07) is 0.196. The largest absolute Gasteiger partial charge is 0.365 e. The summed E-state index contributed by atoms with van der Waals surface area (Å²) in [5, 5.41) is 3.13. The summed E-state index contributed by atoms with van der Waals surface area (Å²) in [7, 11) is 0. The minimum atomic E-state index is -0.643. The predicted octanol–water partition coefficient (Wildman–Crippen LogP) is 1.05. The number of halogens is 1. The van der Waals surface area contributed by atoms with Gasteiger partial charge in [0.25, 0.3) is 5.91 Å². The van der Waals surface area contributed by atoms with Crippen LogP contribution in [0.25, 0.3) is 0 Å². The predicted molar refractivity (Wildman–Crippen MR) is 54.3 cm³/mol. The molecule has 5 nitrogen and oxygen atoms in total. The quantitative estimate of drug-likeness (QED) is 0.788. The Morgan fingerprint density at radius 1 is 1.64 bits per heavy atom. The first-order valence-electron chi connectivity index (χ1n) is 4.09. The highest BCUT2D eigenvalue weighted by Crippen LogP contribution is 2.16. The minimum Gasteiger partial charge on any atom is -0.365 e. The lowest BCUT2D eigenvalue weighted by molar-refractivity contribution is 0.0995. The average molecular weight is 215 g/mol. The number of carbonyl (C=O) groups excluding carboxylic acids is 1. The van der Waals surface area contributed by atoms with E-state index in [1.807, 2.05) is 13.8 Å². The topological polar surface area (TPSA) is 80.9 Å². The average Bonchev–Trinajstić information content (AvgIpc) is 2.07. The molecular formula is C8H11ClN4O. The van der Waals surface area contributed by atoms with Gasteiger partial charge in [0.2, 0.25) is 0 Å². The van der Waals surface area contributed by atoms with Crippen LogP contribution in [0.15, 0.2) is 6.20 Å². The second kappa shape index (κ2) is 4.23. The first kappa shape index (κ1) is 10.7. The van der Waals surface area contributed by atoms with Crippen molar-refractivity contribution in [2.45, 2.75) is 19.9 Å². The summed E-state index contributed by atoms with van der Waals surface area (Å²) >= 11 is 5.77. The van der Waals surface area contributed by atoms with Gasteiger partial charge in [0.15, 0.2) is 11.0 Å². The highest BCUT2D eigenvalue weighted by atomic mass is 35.5. The molecule has 1 rings (SSSR count). The Balaban J connectivity index is 2.95. The number of amides is 1. The van der Waals surface area contributed by atoms with Gasteiger partial charge < -0.3 is 11.1 Å². The van der Waals surface area contributed by atoms with E-state index in [1.54, 1.807) is 0 Å². The molecule has 0 atom stereocenters. The van der Waals surface area contributed by atoms with Crippen molar-refractivity contribution in [3.05, 3.63) is 17.0 Å². The Kier molecular flexibility index (Phi) is 3.24. The van der Waals surface area contributed by atoms with E-state index in [0.29, 0.717) is 5.82 Å². The van der Waals surface area contributed by atoms with Gasteiger partial charge in [-0.15, -0.1) is 0 Å². The van der Waals surface area contributed by atoms with Gasteiger partial charge >= 0.3 is 0 Å². The van der Waals surface area contributed by atoms with Gasteiger partial charge in [-0.3, -0.25) is 4.79 Å². The standard InChI is InChI=1S/C8H11ClN4O/c1-4(2)12-8-6(9)13-5(3-11-8)7(10)14/h3-4H,1-2H3,(H2,10,14)(H,11,12). The molecule has 0 aromatic carbocycles. The fourth-order valence-corrected chi connectivity index (χ4v) is 1.05. The molecule has 0 spiro atoms. The smallest absolute Gasteiger partial charge is 0.268 e. The van der Waals surface area contributed by atoms with E-state index in [9.17, 15) is 4.79 Å². The Bertz CT molecular complexity index is 353. The third-order valence-electron chi connectivity index (χ3n) is 1.41. The summed E-state index contributed by atoms with van der Waals surface area (Å²) in [4.78, 5) is 18.5. The number of nitrogens with two attached hydrogens (primary N) is 1. The second-order valence-corrected chi connectivity index (χ2v) is 3.42. The minimum absolute atomic E-state index is 0.0595. The van der Waals surface area contributed by atoms with E-state index in [4.69, 9.17) is 17.3 Å². The molecule has 0 aliphatic rings. The van der Waals surface area contributed by atoms with Gasteiger partial charge in [0.1, 0.15) is 5.69 Å². The SMILES string of the molecule is CC(C)Nc1ncc(C(N)=O)nc1Cl. The molecule has 0 radical (unpaired) electrons. The van der Waals surface area contributed by atoms with Crippen LogP contribution >= 0.6 is 11.6 Å². The maximum atomic E-state index is 10.7. The number of hydrogen-bond donors (Lipinski definition) is 2. The van der Waals surface area contributed by atoms with E-state index < -0.39 is 5.91 Å². The summed E-state index contributed by atoms with van der Waals surface area (Å²) < 4.78 is 0. The summed E-state index contributed by atoms with van der Waals surface area (Å²) in [6.07, 6.45) is 1.29. The van der Waals surface area contributed by atoms with Crippen LogP contribution in [0.2, 0.25) is 5.15 Å². The van der Waals surface area contributed by atoms with Gasteiger partial charge in [-0.1, -0.05) is 11.6 Å². The molecule has 0 unspecified atom stereocenters. The second-order valence-electron chi connectivity index (χ2n) is 3.06. The van der Waals surface area contributed by atoms with Crippen LogP contribution in [0.3, 0.4) is 0 Å². The van der Waals surface area contributed by atoms with Crippen molar-refractivity contribution in [2.75, 3.05) is 5.32 Å². The fourth-order valence-electron chi connectivity index (χ4n) is 0.856. The first-order chi connectivity index (χ1) is 6.50. The molecule has 0 bridgehead atoms. The zero-order valence-electron chi connectivity index (χ0n) is 7.91. The van der Waals surface area contributed by atoms with E-state index in [-0.39, 0.29) is 16.9 Å². The number of anilines is 1. The van der Waals surface area contributed by atoms with Crippen LogP contribution in [0.1, 0.15) is 24.3 Å². The lowest BCUT2D eigenvalue weighted by Gasteiger charge is -2.09. The third kappa shape index (κ3) is 2.56. The van der Waals surface area contributed by atoms with Crippen molar-refractivity contribution in [3.63, 3.8) is 0 Å². The van der Waals surface area contributed by atoms with Crippen LogP contribution in [0, 0.1) is 0 Å². The molecule has 3 N–H and O–H groups in total. The van der Waals surface area contributed by atoms with Crippen molar-refractivity contribution in [2.24, 2.45) is 5.73 Å². The molecular weight excluding hydrogens is 204 g/mol. The molecule has 14 heavy (non-hydrogen) atoms. The van der Waals surface area contributed by atoms with Crippen LogP contribution in [0.5, 0.6) is 0 Å². The highest BCUT2D eigenvalue weighted by molar-refractivity contribution is 6.31. The van der Waals surface area contributed by atoms with Crippen molar-refractivity contribution < 1.29 is 4.79 Å². The highest BCUT2D eigenvalue weighted by Gasteiger charge is 2.09. The monoisotopic (exact) mass is 214 g/mol. The van der Waals surface area contributed by atoms with Crippen LogP contribution in [-0.2, 0) is 0 Å². The lowest BCUT2D eigenvalue weighted by Crippen LogP contribution is -2.16. The Labute approximate surface area is 86.7 Å². The van der Waals surface area contributed by atoms with Crippen LogP contribution < -0.4 is 11.1 Å². The van der Waals surface area contributed by atoms with Crippen LogP contribution in [0.4, 0.5) is 5.82 Å². The number of hydrogen-bond acceptors (Lipinski definition) is 4. The van der Waals surface area contributed by atoms with Gasteiger partial charge in [-0.25, -0.2) is 9.97 Å². The molecule has 0 aliphatic carbocycles. The molecule has 1 heterocycles. The molecule has 0 saturated carbocycles. The molecule has 1 aromatic heterocycles. The molecule has 1 amide bonds. The molecule has 0 saturated heterocycles. The summed E-state index contributed by atoms with van der Waals surface area (Å²) in [5.74, 6) is -0.192. The van der Waals surface area contributed by atoms with Gasteiger partial charge in [-0.05, 0) is 13.8 Å². The number of nitrogens with one attached hydrogen (secondary N) is 1. The Hall–Kier alpha value is -1.36. The maximum absolute atomic E-state index is 10.7. The Morgan fingerprint density at radius 3 is 2.71 bits per heavy atom. The van der Waals surface area contributed by atoms with E-state index in [0.717, 1.165) is 0 Å². The molecule has 0 fully saturated rings. The van der Waals surface area contributed by atoms with Gasteiger partial charge in [0, 0.05) is 6.04 Å². The zero-order valence-corrected chi connectivity index (χ0v) is 8.67. The molecule has 6 heteroatoms. The fraction of sp³-hybridized carbons (Fsp3) is 0.375. The third-order valence-corrected chi connectivity index (χ3v) is 1.67. The number of nitrogens with zero attached hydrogens (tertiary/aromatic N) is 2. The van der Waals surface area contributed by atoms with Crippen LogP contribution in [-0.4, -0.2) is 21.9 Å². The van der Waals surface area contributed by atoms with Crippen molar-refractivity contribution in [1.82, 2.24) is 9.97 Å². The number of carbonyl (C=O) groups is 1. The molecule has 1 aromatic rings. The first-order valence-corrected chi connectivity index (χ1v) is 4.47. The summed E-state index contributed by atoms with van der Waals surface area (Å²) in [6.45, 7) is 3.89. The number of aromatic nitrogens is 2. The molecule has 0 aliphatic heterocycles. The van der Waals surface area contributed by atoms with E-state index in [1.165, 1.54) is 6.20 Å². The van der Waals surface area contributed by atoms with Crippen molar-refractivity contribution >= 4 is 23.3 Å².